The third-order valence-electron chi connectivity index (χ3n) is 7.81. The monoisotopic (exact) mass is 438 g/mol. The summed E-state index contributed by atoms with van der Waals surface area (Å²) < 4.78 is 0. The van der Waals surface area contributed by atoms with E-state index in [9.17, 15) is 5.26 Å². The Hall–Kier alpha value is -3.17. The summed E-state index contributed by atoms with van der Waals surface area (Å²) in [4.78, 5) is 16.9. The molecule has 2 aliphatic heterocycles. The molecule has 0 bridgehead atoms. The van der Waals surface area contributed by atoms with Crippen LogP contribution in [-0.4, -0.2) is 59.7 Å². The number of nitriles is 1. The molecule has 4 heterocycles. The second-order valence-corrected chi connectivity index (χ2v) is 9.74. The van der Waals surface area contributed by atoms with Gasteiger partial charge < -0.3 is 9.80 Å². The number of anilines is 2. The Bertz CT molecular complexity index is 1230. The molecule has 2 fully saturated rings. The topological polar surface area (TPSA) is 59.3 Å². The first-order valence-electron chi connectivity index (χ1n) is 12.2. The molecule has 0 saturated carbocycles. The van der Waals surface area contributed by atoms with Crippen LogP contribution in [0.4, 0.5) is 11.4 Å². The number of hydrogen-bond acceptors (Lipinski definition) is 6. The highest BCUT2D eigenvalue weighted by Crippen LogP contribution is 2.34. The number of pyridine rings is 2. The van der Waals surface area contributed by atoms with Gasteiger partial charge in [-0.05, 0) is 68.0 Å². The van der Waals surface area contributed by atoms with Gasteiger partial charge in [-0.2, -0.15) is 5.26 Å². The predicted octanol–water partition coefficient (Wildman–Crippen LogP) is 3.78. The minimum absolute atomic E-state index is 0.462. The van der Waals surface area contributed by atoms with Crippen molar-refractivity contribution in [3.63, 3.8) is 0 Å². The van der Waals surface area contributed by atoms with Gasteiger partial charge in [-0.15, -0.1) is 0 Å². The van der Waals surface area contributed by atoms with E-state index in [0.29, 0.717) is 17.6 Å². The molecule has 0 unspecified atom stereocenters. The zero-order valence-corrected chi connectivity index (χ0v) is 19.2. The first kappa shape index (κ1) is 20.4. The van der Waals surface area contributed by atoms with Crippen molar-refractivity contribution >= 4 is 22.3 Å². The molecule has 3 aromatic rings. The van der Waals surface area contributed by atoms with Crippen molar-refractivity contribution < 1.29 is 0 Å². The molecule has 0 spiro atoms. The van der Waals surface area contributed by atoms with Crippen LogP contribution in [0.3, 0.4) is 0 Å². The molecule has 33 heavy (non-hydrogen) atoms. The van der Waals surface area contributed by atoms with Gasteiger partial charge in [-0.1, -0.05) is 0 Å². The van der Waals surface area contributed by atoms with Crippen LogP contribution >= 0.6 is 0 Å². The highest BCUT2D eigenvalue weighted by atomic mass is 15.4. The van der Waals surface area contributed by atoms with Gasteiger partial charge >= 0.3 is 0 Å². The lowest BCUT2D eigenvalue weighted by molar-refractivity contribution is 0.108. The summed E-state index contributed by atoms with van der Waals surface area (Å²) in [6.45, 7) is 7.53. The largest absolute Gasteiger partial charge is 0.368 e. The Kier molecular flexibility index (Phi) is 5.15. The SMILES string of the molecule is C[C@@H]1CN(c2ccc(C#N)c3ncccc23)C[C@H]2CN(c3cncc4c3CCCC4)CCN21. The van der Waals surface area contributed by atoms with Gasteiger partial charge in [0.2, 0.25) is 0 Å². The second kappa shape index (κ2) is 8.31. The number of piperazine rings is 2. The van der Waals surface area contributed by atoms with Gasteiger partial charge in [0.1, 0.15) is 6.07 Å². The second-order valence-electron chi connectivity index (χ2n) is 9.74. The maximum Gasteiger partial charge on any atom is 0.101 e. The quantitative estimate of drug-likeness (QED) is 0.607. The van der Waals surface area contributed by atoms with E-state index in [2.05, 4.69) is 62.2 Å². The molecule has 2 atom stereocenters. The zero-order chi connectivity index (χ0) is 22.4. The van der Waals surface area contributed by atoms with Crippen LogP contribution in [0.5, 0.6) is 0 Å². The number of fused-ring (bicyclic) bond motifs is 3. The number of aryl methyl sites for hydroxylation is 1. The Morgan fingerprint density at radius 1 is 0.970 bits per heavy atom. The lowest BCUT2D eigenvalue weighted by Gasteiger charge is -2.52. The average molecular weight is 439 g/mol. The average Bonchev–Trinajstić information content (AvgIpc) is 2.87. The van der Waals surface area contributed by atoms with Crippen molar-refractivity contribution in [2.24, 2.45) is 0 Å². The van der Waals surface area contributed by atoms with Gasteiger partial charge in [0.15, 0.2) is 0 Å². The predicted molar refractivity (Wildman–Crippen MR) is 132 cm³/mol. The number of benzene rings is 1. The van der Waals surface area contributed by atoms with Crippen LogP contribution < -0.4 is 9.80 Å². The maximum absolute atomic E-state index is 9.53. The number of rotatable bonds is 2. The van der Waals surface area contributed by atoms with Crippen molar-refractivity contribution in [2.45, 2.75) is 44.7 Å². The van der Waals surface area contributed by atoms with Crippen molar-refractivity contribution in [1.82, 2.24) is 14.9 Å². The third kappa shape index (κ3) is 3.52. The van der Waals surface area contributed by atoms with Crippen molar-refractivity contribution in [3.8, 4) is 6.07 Å². The third-order valence-corrected chi connectivity index (χ3v) is 7.81. The molecule has 3 aliphatic rings. The first-order valence-corrected chi connectivity index (χ1v) is 12.2. The van der Waals surface area contributed by atoms with Crippen LogP contribution in [0, 0.1) is 11.3 Å². The summed E-state index contributed by atoms with van der Waals surface area (Å²) >= 11 is 0. The summed E-state index contributed by atoms with van der Waals surface area (Å²) in [7, 11) is 0. The zero-order valence-electron chi connectivity index (χ0n) is 19.2. The summed E-state index contributed by atoms with van der Waals surface area (Å²) in [5, 5.41) is 10.6. The molecule has 6 nitrogen and oxygen atoms in total. The molecule has 1 aliphatic carbocycles. The minimum atomic E-state index is 0.462. The van der Waals surface area contributed by atoms with Crippen molar-refractivity contribution in [1.29, 1.82) is 5.26 Å². The van der Waals surface area contributed by atoms with E-state index < -0.39 is 0 Å². The molecular formula is C27H30N6. The van der Waals surface area contributed by atoms with Crippen LogP contribution in [0.25, 0.3) is 10.9 Å². The molecule has 0 amide bonds. The Morgan fingerprint density at radius 2 is 1.85 bits per heavy atom. The number of nitrogens with zero attached hydrogens (tertiary/aromatic N) is 6. The number of hydrogen-bond donors (Lipinski definition) is 0. The fourth-order valence-corrected chi connectivity index (χ4v) is 6.22. The number of aromatic nitrogens is 2. The molecule has 6 rings (SSSR count). The van der Waals surface area contributed by atoms with E-state index in [-0.39, 0.29) is 0 Å². The standard InChI is InChI=1S/C27H30N6/c1-19-16-32(25-9-8-20(13-28)27-24(25)7-4-10-30-27)18-22-17-31(11-12-33(19)22)26-15-29-14-21-5-2-3-6-23(21)26/h4,7-10,14-15,19,22H,2-3,5-6,11-12,16-18H2,1H3/t19-,22-/m1/s1. The van der Waals surface area contributed by atoms with Crippen molar-refractivity contribution in [3.05, 3.63) is 59.5 Å². The summed E-state index contributed by atoms with van der Waals surface area (Å²) in [5.74, 6) is 0. The first-order chi connectivity index (χ1) is 16.2. The highest BCUT2D eigenvalue weighted by molar-refractivity contribution is 5.95. The van der Waals surface area contributed by atoms with Crippen LogP contribution in [-0.2, 0) is 12.8 Å². The summed E-state index contributed by atoms with van der Waals surface area (Å²) in [5.41, 5.74) is 7.00. The lowest BCUT2D eigenvalue weighted by Crippen LogP contribution is -2.65. The molecule has 0 radical (unpaired) electrons. The van der Waals surface area contributed by atoms with Crippen molar-refractivity contribution in [2.75, 3.05) is 42.5 Å². The normalized spacial score (nSPS) is 23.2. The van der Waals surface area contributed by atoms with Gasteiger partial charge in [0, 0.05) is 68.3 Å². The van der Waals surface area contributed by atoms with E-state index in [4.69, 9.17) is 0 Å². The summed E-state index contributed by atoms with van der Waals surface area (Å²) in [6.07, 6.45) is 10.9. The lowest BCUT2D eigenvalue weighted by atomic mass is 9.91. The van der Waals surface area contributed by atoms with Crippen LogP contribution in [0.2, 0.25) is 0 Å². The van der Waals surface area contributed by atoms with E-state index in [0.717, 1.165) is 43.6 Å². The van der Waals surface area contributed by atoms with Gasteiger partial charge in [0.05, 0.1) is 23.0 Å². The Morgan fingerprint density at radius 3 is 2.76 bits per heavy atom. The molecule has 2 aromatic heterocycles. The molecule has 2 saturated heterocycles. The molecule has 1 aromatic carbocycles. The van der Waals surface area contributed by atoms with Gasteiger partial charge in [-0.3, -0.25) is 14.9 Å². The van der Waals surface area contributed by atoms with E-state index in [1.54, 1.807) is 6.20 Å². The molecule has 6 heteroatoms. The van der Waals surface area contributed by atoms with Crippen LogP contribution in [0.1, 0.15) is 36.5 Å². The van der Waals surface area contributed by atoms with E-state index >= 15 is 0 Å². The fourth-order valence-electron chi connectivity index (χ4n) is 6.22. The van der Waals surface area contributed by atoms with Crippen LogP contribution in [0.15, 0.2) is 42.9 Å². The summed E-state index contributed by atoms with van der Waals surface area (Å²) in [6, 6.07) is 11.4. The Balaban J connectivity index is 1.30. The van der Waals surface area contributed by atoms with E-state index in [1.807, 2.05) is 12.1 Å². The fraction of sp³-hybridized carbons (Fsp3) is 0.444. The molecule has 168 valence electrons. The van der Waals surface area contributed by atoms with E-state index in [1.165, 1.54) is 48.2 Å². The smallest absolute Gasteiger partial charge is 0.101 e. The highest BCUT2D eigenvalue weighted by Gasteiger charge is 2.37. The minimum Gasteiger partial charge on any atom is -0.368 e. The molecular weight excluding hydrogens is 408 g/mol. The molecule has 0 N–H and O–H groups in total. The van der Waals surface area contributed by atoms with Gasteiger partial charge in [-0.25, -0.2) is 0 Å². The Labute approximate surface area is 195 Å². The van der Waals surface area contributed by atoms with Gasteiger partial charge in [0.25, 0.3) is 0 Å². The maximum atomic E-state index is 9.53.